The molecule has 0 aromatic heterocycles. The molecule has 4 N–H and O–H groups in total. The first-order chi connectivity index (χ1) is 26.6. The summed E-state index contributed by atoms with van der Waals surface area (Å²) in [5.41, 5.74) is -0.109. The second-order valence-corrected chi connectivity index (χ2v) is 14.8. The number of amides is 5. The van der Waals surface area contributed by atoms with E-state index in [0.717, 1.165) is 21.9 Å². The van der Waals surface area contributed by atoms with Gasteiger partial charge in [0.25, 0.3) is 11.8 Å². The maximum atomic E-state index is 15.2. The van der Waals surface area contributed by atoms with Crippen LogP contribution in [0.25, 0.3) is 0 Å². The van der Waals surface area contributed by atoms with Crippen molar-refractivity contribution in [1.82, 2.24) is 21.1 Å². The molecule has 5 amide bonds. The predicted molar refractivity (Wildman–Crippen MR) is 198 cm³/mol. The molecule has 2 aromatic rings. The molecule has 4 rings (SSSR count). The molecule has 0 radical (unpaired) electrons. The Labute approximate surface area is 330 Å². The van der Waals surface area contributed by atoms with Gasteiger partial charge in [-0.1, -0.05) is 32.6 Å². The number of rotatable bonds is 12. The van der Waals surface area contributed by atoms with E-state index in [1.807, 2.05) is 5.43 Å². The number of β-amino-alcohol motifs (C(OH)–C–C–N with tert-alkyl or cyclic N) is 1. The summed E-state index contributed by atoms with van der Waals surface area (Å²) in [6.07, 6.45) is -5.70. The van der Waals surface area contributed by atoms with Crippen molar-refractivity contribution in [1.29, 1.82) is 5.26 Å². The molecular formula is C37H39F4N7O8S. The van der Waals surface area contributed by atoms with Crippen LogP contribution in [0.5, 0.6) is 5.75 Å². The van der Waals surface area contributed by atoms with Gasteiger partial charge in [-0.25, -0.2) is 4.39 Å². The number of alkyl halides is 3. The number of carbonyl (C=O) groups excluding carboxylic acids is 5. The molecule has 2 heterocycles. The Balaban J connectivity index is 1.32. The van der Waals surface area contributed by atoms with E-state index in [0.29, 0.717) is 6.07 Å². The minimum absolute atomic E-state index is 0.0686. The first-order valence-corrected chi connectivity index (χ1v) is 17.6. The Hall–Kier alpha value is -5.83. The van der Waals surface area contributed by atoms with Crippen LogP contribution in [0.15, 0.2) is 36.4 Å². The minimum Gasteiger partial charge on any atom is -0.478 e. The lowest BCUT2D eigenvalue weighted by molar-refractivity contribution is -0.144. The van der Waals surface area contributed by atoms with Crippen LogP contribution in [0, 0.1) is 34.4 Å². The van der Waals surface area contributed by atoms with Gasteiger partial charge in [0.2, 0.25) is 18.2 Å². The standard InChI is InChI=1S/C37H39F4N7O8S/c1-35(2,3)30(32(53)46-18-24(50)16-27(46)31(52)45-43-20-49)44-29(51)19-55-12-6-7-13-56-28-11-10-23(15-26(28)38)48-34(57)47(33(54)36(48,4)5)22-9-8-21(17-42)25(14-22)37(39,40)41/h8-11,14-15,20,24,27,30,50H,12-13,16,18-19H2,1-5H3,(H,43,49)(H,44,51)(H,45,52)/t24-,27+,30-/m1/s1. The molecular weight excluding hydrogens is 779 g/mol. The molecule has 0 saturated carbocycles. The fourth-order valence-corrected chi connectivity index (χ4v) is 6.64. The van der Waals surface area contributed by atoms with Crippen LogP contribution in [0.4, 0.5) is 28.9 Å². The van der Waals surface area contributed by atoms with E-state index in [1.54, 1.807) is 20.8 Å². The van der Waals surface area contributed by atoms with Crippen molar-refractivity contribution in [3.63, 3.8) is 0 Å². The molecule has 15 nitrogen and oxygen atoms in total. The van der Waals surface area contributed by atoms with Gasteiger partial charge in [-0.05, 0) is 61.8 Å². The Morgan fingerprint density at radius 2 is 1.77 bits per heavy atom. The van der Waals surface area contributed by atoms with Gasteiger partial charge in [0.1, 0.15) is 37.4 Å². The normalized spacial score (nSPS) is 18.3. The van der Waals surface area contributed by atoms with Crippen LogP contribution in [0.1, 0.15) is 52.2 Å². The van der Waals surface area contributed by atoms with Crippen LogP contribution >= 0.6 is 12.2 Å². The number of nitrogens with one attached hydrogen (secondary N) is 3. The van der Waals surface area contributed by atoms with Gasteiger partial charge in [-0.3, -0.25) is 39.7 Å². The zero-order valence-corrected chi connectivity index (χ0v) is 32.1. The van der Waals surface area contributed by atoms with Crippen LogP contribution < -0.4 is 30.7 Å². The molecule has 2 aliphatic rings. The summed E-state index contributed by atoms with van der Waals surface area (Å²) in [5.74, 6) is 1.45. The largest absolute Gasteiger partial charge is 0.478 e. The number of aliphatic hydroxyl groups excluding tert-OH is 1. The van der Waals surface area contributed by atoms with Gasteiger partial charge >= 0.3 is 6.18 Å². The van der Waals surface area contributed by atoms with Gasteiger partial charge in [-0.2, -0.15) is 18.4 Å². The van der Waals surface area contributed by atoms with Gasteiger partial charge in [0, 0.05) is 24.7 Å². The topological polar surface area (TPSA) is 194 Å². The molecule has 57 heavy (non-hydrogen) atoms. The average molecular weight is 818 g/mol. The first kappa shape index (κ1) is 43.9. The second-order valence-electron chi connectivity index (χ2n) is 14.4. The third-order valence-corrected chi connectivity index (χ3v) is 9.26. The Bertz CT molecular complexity index is 2040. The molecule has 3 atom stereocenters. The Morgan fingerprint density at radius 1 is 1.11 bits per heavy atom. The number of halogens is 4. The molecule has 2 fully saturated rings. The Morgan fingerprint density at radius 3 is 2.39 bits per heavy atom. The highest BCUT2D eigenvalue weighted by molar-refractivity contribution is 7.81. The zero-order valence-electron chi connectivity index (χ0n) is 31.3. The van der Waals surface area contributed by atoms with Gasteiger partial charge in [0.05, 0.1) is 29.0 Å². The SMILES string of the molecule is CC(C)(C)[C@H](NC(=O)COCC#CCOc1ccc(N2C(=S)N(c3ccc(C#N)c(C(F)(F)F)c3)C(=O)C2(C)C)cc1F)C(=O)N1C[C@H](O)C[C@H]1C(=O)NNC=O. The number of hydrogen-bond donors (Lipinski definition) is 4. The van der Waals surface area contributed by atoms with Crippen molar-refractivity contribution in [2.45, 2.75) is 70.9 Å². The number of ether oxygens (including phenoxy) is 2. The van der Waals surface area contributed by atoms with Gasteiger partial charge in [-0.15, -0.1) is 0 Å². The highest BCUT2D eigenvalue weighted by Crippen LogP contribution is 2.40. The minimum atomic E-state index is -4.88. The molecule has 0 unspecified atom stereocenters. The third kappa shape index (κ3) is 9.95. The zero-order chi connectivity index (χ0) is 42.5. The fraction of sp³-hybridized carbons (Fsp3) is 0.432. The summed E-state index contributed by atoms with van der Waals surface area (Å²) in [7, 11) is 0. The van der Waals surface area contributed by atoms with E-state index in [2.05, 4.69) is 22.6 Å². The Kier molecular flexibility index (Phi) is 13.5. The molecule has 304 valence electrons. The van der Waals surface area contributed by atoms with Crippen LogP contribution in [0.3, 0.4) is 0 Å². The lowest BCUT2D eigenvalue weighted by atomic mass is 9.85. The number of hydrogen-bond acceptors (Lipinski definition) is 10. The van der Waals surface area contributed by atoms with E-state index in [9.17, 15) is 42.3 Å². The lowest BCUT2D eigenvalue weighted by Gasteiger charge is -2.35. The van der Waals surface area contributed by atoms with Crippen molar-refractivity contribution >= 4 is 58.7 Å². The number of carbonyl (C=O) groups is 5. The van der Waals surface area contributed by atoms with Crippen molar-refractivity contribution in [3.05, 3.63) is 53.3 Å². The maximum Gasteiger partial charge on any atom is 0.417 e. The molecule has 0 aliphatic carbocycles. The van der Waals surface area contributed by atoms with E-state index < -0.39 is 82.5 Å². The number of aliphatic hydroxyl groups is 1. The highest BCUT2D eigenvalue weighted by atomic mass is 32.1. The quantitative estimate of drug-likeness (QED) is 0.0614. The van der Waals surface area contributed by atoms with Gasteiger partial charge < -0.3 is 29.7 Å². The number of nitrogens with zero attached hydrogens (tertiary/aromatic N) is 4. The second kappa shape index (κ2) is 17.5. The summed E-state index contributed by atoms with van der Waals surface area (Å²) in [6, 6.07) is 5.75. The molecule has 0 bridgehead atoms. The summed E-state index contributed by atoms with van der Waals surface area (Å²) >= 11 is 5.49. The maximum absolute atomic E-state index is 15.2. The number of nitriles is 1. The molecule has 20 heteroatoms. The first-order valence-electron chi connectivity index (χ1n) is 17.2. The smallest absolute Gasteiger partial charge is 0.417 e. The van der Waals surface area contributed by atoms with Crippen LogP contribution in [0.2, 0.25) is 0 Å². The van der Waals surface area contributed by atoms with Crippen molar-refractivity contribution in [3.8, 4) is 23.7 Å². The summed E-state index contributed by atoms with van der Waals surface area (Å²) in [6.45, 7) is 6.83. The van der Waals surface area contributed by atoms with Crippen LogP contribution in [-0.2, 0) is 34.9 Å². The number of hydrazine groups is 1. The lowest BCUT2D eigenvalue weighted by Crippen LogP contribution is -2.58. The molecule has 2 aliphatic heterocycles. The van der Waals surface area contributed by atoms with Crippen molar-refractivity contribution in [2.24, 2.45) is 5.41 Å². The van der Waals surface area contributed by atoms with E-state index in [-0.39, 0.29) is 54.8 Å². The predicted octanol–water partition coefficient (Wildman–Crippen LogP) is 2.30. The number of likely N-dealkylation sites (tertiary alicyclic amines) is 1. The third-order valence-electron chi connectivity index (χ3n) is 8.90. The average Bonchev–Trinajstić information content (AvgIpc) is 3.61. The number of benzene rings is 2. The van der Waals surface area contributed by atoms with E-state index >= 15 is 4.39 Å². The monoisotopic (exact) mass is 817 g/mol. The number of anilines is 2. The van der Waals surface area contributed by atoms with Crippen molar-refractivity contribution < 1.29 is 56.1 Å². The van der Waals surface area contributed by atoms with E-state index in [1.165, 1.54) is 43.0 Å². The van der Waals surface area contributed by atoms with Crippen LogP contribution in [-0.4, -0.2) is 95.2 Å². The van der Waals surface area contributed by atoms with Gasteiger partial charge in [0.15, 0.2) is 16.7 Å². The summed E-state index contributed by atoms with van der Waals surface area (Å²) < 4.78 is 66.9. The summed E-state index contributed by atoms with van der Waals surface area (Å²) in [4.78, 5) is 66.0. The number of thiocarbonyl (C=S) groups is 1. The van der Waals surface area contributed by atoms with Crippen molar-refractivity contribution in [2.75, 3.05) is 36.2 Å². The molecule has 2 saturated heterocycles. The fourth-order valence-electron chi connectivity index (χ4n) is 6.12. The van der Waals surface area contributed by atoms with E-state index in [4.69, 9.17) is 27.0 Å². The molecule has 0 spiro atoms. The highest BCUT2D eigenvalue weighted by Gasteiger charge is 2.51. The molecule has 2 aromatic carbocycles. The summed E-state index contributed by atoms with van der Waals surface area (Å²) in [5, 5.41) is 21.7.